The summed E-state index contributed by atoms with van der Waals surface area (Å²) in [7, 11) is 0. The van der Waals surface area contributed by atoms with Crippen LogP contribution in [0.5, 0.6) is 0 Å². The van der Waals surface area contributed by atoms with Crippen molar-refractivity contribution in [3.05, 3.63) is 48.3 Å². The topological polar surface area (TPSA) is 64.7 Å². The zero-order valence-corrected chi connectivity index (χ0v) is 9.96. The minimum atomic E-state index is 0.400. The molecule has 0 atom stereocenters. The van der Waals surface area contributed by atoms with Crippen molar-refractivity contribution in [2.75, 3.05) is 5.73 Å². The van der Waals surface area contributed by atoms with Crippen LogP contribution in [0.15, 0.2) is 42.7 Å². The van der Waals surface area contributed by atoms with Crippen molar-refractivity contribution >= 4 is 16.6 Å². The van der Waals surface area contributed by atoms with E-state index in [4.69, 9.17) is 5.73 Å². The molecule has 1 aromatic heterocycles. The van der Waals surface area contributed by atoms with Crippen molar-refractivity contribution in [1.82, 2.24) is 15.2 Å². The Bertz CT molecular complexity index is 722. The number of nitrogens with zero attached hydrogens (tertiary/aromatic N) is 3. The Labute approximate surface area is 105 Å². The Morgan fingerprint density at radius 3 is 2.61 bits per heavy atom. The molecule has 0 aliphatic rings. The van der Waals surface area contributed by atoms with Gasteiger partial charge in [0, 0.05) is 5.56 Å². The fourth-order valence-corrected chi connectivity index (χ4v) is 2.00. The van der Waals surface area contributed by atoms with Crippen LogP contribution in [0.2, 0.25) is 0 Å². The third-order valence-corrected chi connectivity index (χ3v) is 2.92. The maximum atomic E-state index is 5.81. The van der Waals surface area contributed by atoms with E-state index >= 15 is 0 Å². The van der Waals surface area contributed by atoms with Crippen LogP contribution in [0, 0.1) is 6.92 Å². The van der Waals surface area contributed by atoms with Gasteiger partial charge in [-0.25, -0.2) is 4.98 Å². The maximum Gasteiger partial charge on any atom is 0.153 e. The van der Waals surface area contributed by atoms with Gasteiger partial charge in [-0.15, -0.1) is 10.2 Å². The Hall–Kier alpha value is -2.49. The Balaban J connectivity index is 2.20. The molecule has 3 rings (SSSR count). The lowest BCUT2D eigenvalue weighted by atomic mass is 10.0. The minimum Gasteiger partial charge on any atom is -0.382 e. The second kappa shape index (κ2) is 4.07. The number of aryl methyl sites for hydroxylation is 1. The molecule has 1 heterocycles. The SMILES string of the molecule is Cc1ccc2cc(-c3nncnc3N)ccc2c1. The summed E-state index contributed by atoms with van der Waals surface area (Å²) in [5.41, 5.74) is 8.61. The lowest BCUT2D eigenvalue weighted by molar-refractivity contribution is 0.983. The minimum absolute atomic E-state index is 0.400. The van der Waals surface area contributed by atoms with Crippen LogP contribution in [0.3, 0.4) is 0 Å². The van der Waals surface area contributed by atoms with Crippen molar-refractivity contribution in [2.45, 2.75) is 6.92 Å². The van der Waals surface area contributed by atoms with Crippen molar-refractivity contribution < 1.29 is 0 Å². The smallest absolute Gasteiger partial charge is 0.153 e. The van der Waals surface area contributed by atoms with E-state index in [0.717, 1.165) is 10.9 Å². The number of aromatic nitrogens is 3. The number of fused-ring (bicyclic) bond motifs is 1. The summed E-state index contributed by atoms with van der Waals surface area (Å²) < 4.78 is 0. The summed E-state index contributed by atoms with van der Waals surface area (Å²) in [6.45, 7) is 2.08. The molecule has 0 unspecified atom stereocenters. The molecule has 0 radical (unpaired) electrons. The molecule has 88 valence electrons. The standard InChI is InChI=1S/C14H12N4/c1-9-2-3-11-7-12(5-4-10(11)6-9)13-14(15)16-8-17-18-13/h2-8H,1H3,(H2,15,16,17). The van der Waals surface area contributed by atoms with E-state index in [9.17, 15) is 0 Å². The molecule has 0 aliphatic carbocycles. The van der Waals surface area contributed by atoms with Gasteiger partial charge in [0.05, 0.1) is 0 Å². The first-order chi connectivity index (χ1) is 8.74. The van der Waals surface area contributed by atoms with Crippen molar-refractivity contribution in [3.8, 4) is 11.3 Å². The van der Waals surface area contributed by atoms with E-state index in [2.05, 4.69) is 52.4 Å². The molecule has 2 aromatic carbocycles. The van der Waals surface area contributed by atoms with Crippen LogP contribution >= 0.6 is 0 Å². The van der Waals surface area contributed by atoms with Gasteiger partial charge >= 0.3 is 0 Å². The van der Waals surface area contributed by atoms with Gasteiger partial charge in [0.15, 0.2) is 5.82 Å². The molecule has 0 saturated heterocycles. The van der Waals surface area contributed by atoms with Crippen LogP contribution in [-0.2, 0) is 0 Å². The number of rotatable bonds is 1. The molecular formula is C14H12N4. The fourth-order valence-electron chi connectivity index (χ4n) is 2.00. The Kier molecular flexibility index (Phi) is 2.41. The van der Waals surface area contributed by atoms with Gasteiger partial charge in [0.25, 0.3) is 0 Å². The molecule has 0 bridgehead atoms. The van der Waals surface area contributed by atoms with Gasteiger partial charge in [-0.1, -0.05) is 35.9 Å². The van der Waals surface area contributed by atoms with E-state index in [1.807, 2.05) is 6.07 Å². The molecule has 0 aliphatic heterocycles. The molecule has 0 saturated carbocycles. The van der Waals surface area contributed by atoms with Crippen LogP contribution in [0.4, 0.5) is 5.82 Å². The van der Waals surface area contributed by atoms with Crippen LogP contribution in [-0.4, -0.2) is 15.2 Å². The normalized spacial score (nSPS) is 10.7. The van der Waals surface area contributed by atoms with E-state index in [0.29, 0.717) is 11.5 Å². The number of anilines is 1. The van der Waals surface area contributed by atoms with Crippen LogP contribution in [0.1, 0.15) is 5.56 Å². The number of benzene rings is 2. The van der Waals surface area contributed by atoms with E-state index < -0.39 is 0 Å². The molecule has 0 amide bonds. The summed E-state index contributed by atoms with van der Waals surface area (Å²) in [6, 6.07) is 12.4. The molecule has 0 fully saturated rings. The Morgan fingerprint density at radius 1 is 1.00 bits per heavy atom. The molecule has 4 nitrogen and oxygen atoms in total. The first kappa shape index (κ1) is 10.7. The van der Waals surface area contributed by atoms with E-state index in [1.165, 1.54) is 17.3 Å². The number of hydrogen-bond acceptors (Lipinski definition) is 4. The first-order valence-electron chi connectivity index (χ1n) is 5.68. The van der Waals surface area contributed by atoms with Crippen molar-refractivity contribution in [3.63, 3.8) is 0 Å². The van der Waals surface area contributed by atoms with Crippen LogP contribution < -0.4 is 5.73 Å². The van der Waals surface area contributed by atoms with Gasteiger partial charge in [0.2, 0.25) is 0 Å². The van der Waals surface area contributed by atoms with E-state index in [-0.39, 0.29) is 0 Å². The third-order valence-electron chi connectivity index (χ3n) is 2.92. The highest BCUT2D eigenvalue weighted by Gasteiger charge is 2.06. The second-order valence-corrected chi connectivity index (χ2v) is 4.26. The lowest BCUT2D eigenvalue weighted by Crippen LogP contribution is -1.98. The summed E-state index contributed by atoms with van der Waals surface area (Å²) >= 11 is 0. The Morgan fingerprint density at radius 2 is 1.78 bits per heavy atom. The summed E-state index contributed by atoms with van der Waals surface area (Å²) in [6.07, 6.45) is 1.35. The highest BCUT2D eigenvalue weighted by molar-refractivity contribution is 5.88. The predicted octanol–water partition coefficient (Wildman–Crippen LogP) is 2.58. The first-order valence-corrected chi connectivity index (χ1v) is 5.68. The van der Waals surface area contributed by atoms with Gasteiger partial charge in [-0.05, 0) is 23.8 Å². The number of nitrogen functional groups attached to an aromatic ring is 1. The largest absolute Gasteiger partial charge is 0.382 e. The summed E-state index contributed by atoms with van der Waals surface area (Å²) in [4.78, 5) is 3.95. The molecule has 2 N–H and O–H groups in total. The zero-order chi connectivity index (χ0) is 12.5. The lowest BCUT2D eigenvalue weighted by Gasteiger charge is -2.05. The summed E-state index contributed by atoms with van der Waals surface area (Å²) in [5.74, 6) is 0.400. The molecule has 18 heavy (non-hydrogen) atoms. The summed E-state index contributed by atoms with van der Waals surface area (Å²) in [5, 5.41) is 10.2. The second-order valence-electron chi connectivity index (χ2n) is 4.26. The average molecular weight is 236 g/mol. The van der Waals surface area contributed by atoms with Crippen molar-refractivity contribution in [1.29, 1.82) is 0 Å². The highest BCUT2D eigenvalue weighted by atomic mass is 15.1. The number of nitrogens with two attached hydrogens (primary N) is 1. The third kappa shape index (κ3) is 1.78. The van der Waals surface area contributed by atoms with Gasteiger partial charge < -0.3 is 5.73 Å². The number of hydrogen-bond donors (Lipinski definition) is 1. The van der Waals surface area contributed by atoms with E-state index in [1.54, 1.807) is 0 Å². The average Bonchev–Trinajstić information content (AvgIpc) is 2.39. The molecule has 0 spiro atoms. The van der Waals surface area contributed by atoms with Crippen LogP contribution in [0.25, 0.3) is 22.0 Å². The van der Waals surface area contributed by atoms with Gasteiger partial charge in [0.1, 0.15) is 12.0 Å². The predicted molar refractivity (Wildman–Crippen MR) is 71.9 cm³/mol. The molecule has 3 aromatic rings. The molecule has 4 heteroatoms. The fraction of sp³-hybridized carbons (Fsp3) is 0.0714. The molecular weight excluding hydrogens is 224 g/mol. The van der Waals surface area contributed by atoms with Crippen molar-refractivity contribution in [2.24, 2.45) is 0 Å². The van der Waals surface area contributed by atoms with Gasteiger partial charge in [-0.2, -0.15) is 0 Å². The quantitative estimate of drug-likeness (QED) is 0.705. The maximum absolute atomic E-state index is 5.81. The zero-order valence-electron chi connectivity index (χ0n) is 9.96. The van der Waals surface area contributed by atoms with Gasteiger partial charge in [-0.3, -0.25) is 0 Å². The monoisotopic (exact) mass is 236 g/mol. The highest BCUT2D eigenvalue weighted by Crippen LogP contribution is 2.25.